The first kappa shape index (κ1) is 28.1. The summed E-state index contributed by atoms with van der Waals surface area (Å²) in [5.41, 5.74) is 2.95. The average molecular weight is 568 g/mol. The molecule has 0 radical (unpaired) electrons. The number of thiocarbonyl (C=S) groups is 1. The molecule has 0 fully saturated rings. The Morgan fingerprint density at radius 1 is 0.868 bits per heavy atom. The maximum Gasteiger partial charge on any atom is 0.346 e. The standard InChI is InChI=1S/C29H29NO5S3/c1-28(2,3)17-14-12-16(13-15-17)24(31)30-19-11-9-8-10-18(19)20(23(36)29(30,4)5)27-37-21(25(32)34-6)22(38-27)26(33)35-7/h8-15H,1-7H3. The predicted molar refractivity (Wildman–Crippen MR) is 158 cm³/mol. The molecule has 0 spiro atoms. The largest absolute Gasteiger partial charge is 0.465 e. The molecule has 1 amide bonds. The number of fused-ring (bicyclic) bond motifs is 1. The molecule has 2 aromatic rings. The summed E-state index contributed by atoms with van der Waals surface area (Å²) >= 11 is 8.30. The van der Waals surface area contributed by atoms with Gasteiger partial charge in [-0.3, -0.25) is 9.69 Å². The highest BCUT2D eigenvalue weighted by Crippen LogP contribution is 2.56. The van der Waals surface area contributed by atoms with Gasteiger partial charge in [0.05, 0.1) is 34.5 Å². The van der Waals surface area contributed by atoms with E-state index in [4.69, 9.17) is 21.7 Å². The van der Waals surface area contributed by atoms with Crippen molar-refractivity contribution in [2.75, 3.05) is 19.1 Å². The van der Waals surface area contributed by atoms with E-state index in [1.54, 1.807) is 4.90 Å². The number of nitrogens with zero attached hydrogens (tertiary/aromatic N) is 1. The maximum atomic E-state index is 14.0. The fraction of sp³-hybridized carbons (Fsp3) is 0.310. The number of carbonyl (C=O) groups excluding carboxylic acids is 3. The lowest BCUT2D eigenvalue weighted by molar-refractivity contribution is -0.138. The maximum absolute atomic E-state index is 14.0. The van der Waals surface area contributed by atoms with Crippen LogP contribution in [0.1, 0.15) is 56.1 Å². The number of ether oxygens (including phenoxy) is 2. The van der Waals surface area contributed by atoms with Gasteiger partial charge in [-0.15, -0.1) is 0 Å². The van der Waals surface area contributed by atoms with Gasteiger partial charge in [-0.2, -0.15) is 0 Å². The van der Waals surface area contributed by atoms with Crippen molar-refractivity contribution in [1.29, 1.82) is 0 Å². The Morgan fingerprint density at radius 2 is 1.39 bits per heavy atom. The van der Waals surface area contributed by atoms with Crippen LogP contribution < -0.4 is 4.90 Å². The number of carbonyl (C=O) groups is 3. The van der Waals surface area contributed by atoms with Gasteiger partial charge >= 0.3 is 11.9 Å². The first-order valence-corrected chi connectivity index (χ1v) is 14.0. The summed E-state index contributed by atoms with van der Waals surface area (Å²) in [4.78, 5) is 41.5. The molecular formula is C29H29NO5S3. The highest BCUT2D eigenvalue weighted by molar-refractivity contribution is 8.29. The van der Waals surface area contributed by atoms with Crippen LogP contribution in [0.4, 0.5) is 5.69 Å². The molecule has 0 bridgehead atoms. The number of benzene rings is 2. The third kappa shape index (κ3) is 4.83. The van der Waals surface area contributed by atoms with Gasteiger partial charge in [0, 0.05) is 16.7 Å². The summed E-state index contributed by atoms with van der Waals surface area (Å²) in [5, 5.41) is 0. The molecule has 198 valence electrons. The predicted octanol–water partition coefficient (Wildman–Crippen LogP) is 6.50. The van der Waals surface area contributed by atoms with Crippen LogP contribution in [0, 0.1) is 0 Å². The van der Waals surface area contributed by atoms with E-state index in [0.717, 1.165) is 34.7 Å². The molecule has 38 heavy (non-hydrogen) atoms. The lowest BCUT2D eigenvalue weighted by atomic mass is 9.82. The lowest BCUT2D eigenvalue weighted by Gasteiger charge is -2.45. The summed E-state index contributed by atoms with van der Waals surface area (Å²) in [6, 6.07) is 15.2. The van der Waals surface area contributed by atoms with Gasteiger partial charge < -0.3 is 9.47 Å². The number of esters is 2. The molecule has 0 N–H and O–H groups in total. The number of anilines is 1. The van der Waals surface area contributed by atoms with E-state index in [-0.39, 0.29) is 21.1 Å². The summed E-state index contributed by atoms with van der Waals surface area (Å²) in [5.74, 6) is -1.41. The summed E-state index contributed by atoms with van der Waals surface area (Å²) < 4.78 is 10.5. The quantitative estimate of drug-likeness (QED) is 0.237. The van der Waals surface area contributed by atoms with E-state index in [0.29, 0.717) is 25.9 Å². The highest BCUT2D eigenvalue weighted by atomic mass is 32.2. The molecular weight excluding hydrogens is 539 g/mol. The van der Waals surface area contributed by atoms with Crippen molar-refractivity contribution in [1.82, 2.24) is 0 Å². The normalized spacial score (nSPS) is 16.9. The Kier molecular flexibility index (Phi) is 7.67. The van der Waals surface area contributed by atoms with Crippen molar-refractivity contribution >= 4 is 69.7 Å². The molecule has 4 rings (SSSR count). The van der Waals surface area contributed by atoms with Gasteiger partial charge in [0.15, 0.2) is 0 Å². The van der Waals surface area contributed by atoms with Crippen molar-refractivity contribution < 1.29 is 23.9 Å². The van der Waals surface area contributed by atoms with Crippen LogP contribution in [0.25, 0.3) is 5.57 Å². The van der Waals surface area contributed by atoms with Crippen molar-refractivity contribution in [3.05, 3.63) is 79.3 Å². The van der Waals surface area contributed by atoms with Gasteiger partial charge in [0.2, 0.25) is 0 Å². The first-order chi connectivity index (χ1) is 17.8. The van der Waals surface area contributed by atoms with E-state index >= 15 is 0 Å². The third-order valence-electron chi connectivity index (χ3n) is 6.50. The van der Waals surface area contributed by atoms with Crippen LogP contribution in [0.2, 0.25) is 0 Å². The Balaban J connectivity index is 1.83. The highest BCUT2D eigenvalue weighted by Gasteiger charge is 2.46. The number of methoxy groups -OCH3 is 2. The number of rotatable bonds is 3. The van der Waals surface area contributed by atoms with E-state index in [1.165, 1.54) is 14.2 Å². The van der Waals surface area contributed by atoms with Gasteiger partial charge in [-0.25, -0.2) is 9.59 Å². The molecule has 9 heteroatoms. The van der Waals surface area contributed by atoms with Gasteiger partial charge in [0.25, 0.3) is 5.91 Å². The number of thioether (sulfide) groups is 2. The second-order valence-corrected chi connectivity index (χ2v) is 13.1. The average Bonchev–Trinajstić information content (AvgIpc) is 3.32. The molecule has 0 atom stereocenters. The van der Waals surface area contributed by atoms with Crippen molar-refractivity contribution in [2.24, 2.45) is 0 Å². The topological polar surface area (TPSA) is 72.9 Å². The number of para-hydroxylation sites is 1. The molecule has 2 heterocycles. The fourth-order valence-electron chi connectivity index (χ4n) is 4.37. The van der Waals surface area contributed by atoms with Crippen LogP contribution in [0.15, 0.2) is 62.6 Å². The molecule has 2 aliphatic rings. The third-order valence-corrected chi connectivity index (χ3v) is 9.76. The van der Waals surface area contributed by atoms with Crippen molar-refractivity contribution in [3.8, 4) is 0 Å². The zero-order chi connectivity index (χ0) is 28.0. The summed E-state index contributed by atoms with van der Waals surface area (Å²) in [6.45, 7) is 10.2. The minimum absolute atomic E-state index is 0.0298. The summed E-state index contributed by atoms with van der Waals surface area (Å²) in [7, 11) is 2.53. The fourth-order valence-corrected chi connectivity index (χ4v) is 7.41. The molecule has 6 nitrogen and oxygen atoms in total. The Hall–Kier alpha value is -2.88. The number of hydrogen-bond acceptors (Lipinski definition) is 8. The smallest absolute Gasteiger partial charge is 0.346 e. The zero-order valence-corrected chi connectivity index (χ0v) is 24.8. The Morgan fingerprint density at radius 3 is 1.89 bits per heavy atom. The van der Waals surface area contributed by atoms with Crippen LogP contribution in [0.5, 0.6) is 0 Å². The van der Waals surface area contributed by atoms with E-state index in [1.807, 2.05) is 62.4 Å². The van der Waals surface area contributed by atoms with Crippen molar-refractivity contribution in [3.63, 3.8) is 0 Å². The lowest BCUT2D eigenvalue weighted by Crippen LogP contribution is -2.55. The van der Waals surface area contributed by atoms with Gasteiger partial charge in [-0.1, -0.05) is 86.8 Å². The second kappa shape index (κ2) is 10.4. The minimum atomic E-state index is -0.883. The van der Waals surface area contributed by atoms with Gasteiger partial charge in [-0.05, 0) is 43.0 Å². The molecule has 2 aromatic carbocycles. The van der Waals surface area contributed by atoms with E-state index in [9.17, 15) is 14.4 Å². The zero-order valence-electron chi connectivity index (χ0n) is 22.3. The summed E-state index contributed by atoms with van der Waals surface area (Å²) in [6.07, 6.45) is 0. The van der Waals surface area contributed by atoms with Crippen LogP contribution in [0.3, 0.4) is 0 Å². The number of hydrogen-bond donors (Lipinski definition) is 0. The van der Waals surface area contributed by atoms with Crippen LogP contribution in [-0.4, -0.2) is 42.5 Å². The molecule has 0 unspecified atom stereocenters. The second-order valence-electron chi connectivity index (χ2n) is 10.4. The molecule has 0 saturated carbocycles. The van der Waals surface area contributed by atoms with Gasteiger partial charge in [0.1, 0.15) is 9.81 Å². The first-order valence-electron chi connectivity index (χ1n) is 11.9. The number of amides is 1. The Bertz CT molecular complexity index is 1380. The van der Waals surface area contributed by atoms with E-state index < -0.39 is 17.5 Å². The van der Waals surface area contributed by atoms with Crippen LogP contribution >= 0.6 is 35.7 Å². The molecule has 0 saturated heterocycles. The minimum Gasteiger partial charge on any atom is -0.465 e. The van der Waals surface area contributed by atoms with Crippen LogP contribution in [-0.2, 0) is 24.5 Å². The van der Waals surface area contributed by atoms with E-state index in [2.05, 4.69) is 20.8 Å². The monoisotopic (exact) mass is 567 g/mol. The van der Waals surface area contributed by atoms with Crippen molar-refractivity contribution in [2.45, 2.75) is 45.6 Å². The molecule has 2 aliphatic heterocycles. The SMILES string of the molecule is COC(=O)C1=C(C(=O)OC)SC(=C2C(=S)C(C)(C)N(C(=O)c3ccc(C(C)(C)C)cc3)c3ccccc32)S1. The molecule has 0 aromatic heterocycles. The Labute approximate surface area is 236 Å². The molecule has 0 aliphatic carbocycles.